The van der Waals surface area contributed by atoms with Crippen molar-refractivity contribution in [3.63, 3.8) is 0 Å². The molecule has 2 aromatic rings. The van der Waals surface area contributed by atoms with Gasteiger partial charge < -0.3 is 19.9 Å². The molecule has 2 N–H and O–H groups in total. The first-order chi connectivity index (χ1) is 14.7. The second kappa shape index (κ2) is 11.3. The normalized spacial score (nSPS) is 12.4. The number of amides is 1. The van der Waals surface area contributed by atoms with E-state index in [2.05, 4.69) is 5.32 Å². The van der Waals surface area contributed by atoms with Gasteiger partial charge in [-0.15, -0.1) is 0 Å². The van der Waals surface area contributed by atoms with Crippen molar-refractivity contribution in [2.24, 2.45) is 5.92 Å². The van der Waals surface area contributed by atoms with Gasteiger partial charge in [0.2, 0.25) is 0 Å². The third-order valence-corrected chi connectivity index (χ3v) is 4.86. The van der Waals surface area contributed by atoms with E-state index < -0.39 is 42.4 Å². The summed E-state index contributed by atoms with van der Waals surface area (Å²) in [6, 6.07) is 11.7. The zero-order valence-corrected chi connectivity index (χ0v) is 17.9. The predicted octanol–water partition coefficient (Wildman–Crippen LogP) is 3.74. The average Bonchev–Trinajstić information content (AvgIpc) is 2.74. The molecule has 31 heavy (non-hydrogen) atoms. The quantitative estimate of drug-likeness (QED) is 0.539. The van der Waals surface area contributed by atoms with Crippen LogP contribution in [0.25, 0.3) is 0 Å². The van der Waals surface area contributed by atoms with Crippen LogP contribution in [0.3, 0.4) is 0 Å². The van der Waals surface area contributed by atoms with Crippen molar-refractivity contribution >= 4 is 47.0 Å². The van der Waals surface area contributed by atoms with Gasteiger partial charge in [-0.3, -0.25) is 9.59 Å². The second-order valence-electron chi connectivity index (χ2n) is 6.45. The maximum atomic E-state index is 12.5. The van der Waals surface area contributed by atoms with E-state index in [1.807, 2.05) is 0 Å². The Morgan fingerprint density at radius 2 is 1.58 bits per heavy atom. The molecule has 0 saturated heterocycles. The van der Waals surface area contributed by atoms with Crippen LogP contribution in [0.1, 0.15) is 22.8 Å². The van der Waals surface area contributed by atoms with E-state index in [0.717, 1.165) is 0 Å². The van der Waals surface area contributed by atoms with Crippen molar-refractivity contribution in [1.29, 1.82) is 0 Å². The molecule has 10 heteroatoms. The van der Waals surface area contributed by atoms with E-state index in [9.17, 15) is 24.3 Å². The summed E-state index contributed by atoms with van der Waals surface area (Å²) in [7, 11) is 0. The highest BCUT2D eigenvalue weighted by Gasteiger charge is 2.33. The highest BCUT2D eigenvalue weighted by Crippen LogP contribution is 2.25. The lowest BCUT2D eigenvalue weighted by atomic mass is 9.98. The van der Waals surface area contributed by atoms with Crippen LogP contribution in [0.4, 0.5) is 4.79 Å². The summed E-state index contributed by atoms with van der Waals surface area (Å²) in [4.78, 5) is 48.2. The molecule has 0 fully saturated rings. The molecular formula is C21H19Cl2NO7. The number of carboxylic acids is 1. The third-order valence-electron chi connectivity index (χ3n) is 4.23. The Labute approximate surface area is 188 Å². The number of alkyl carbamates (subject to hydrolysis) is 1. The molecule has 2 atom stereocenters. The smallest absolute Gasteiger partial charge is 0.408 e. The van der Waals surface area contributed by atoms with Crippen LogP contribution < -0.4 is 5.32 Å². The summed E-state index contributed by atoms with van der Waals surface area (Å²) in [5.74, 6) is -4.44. The van der Waals surface area contributed by atoms with Crippen molar-refractivity contribution < 1.29 is 33.8 Å². The zero-order valence-electron chi connectivity index (χ0n) is 16.3. The molecule has 2 rings (SSSR count). The SMILES string of the molecule is C[C@@H](C(=O)O)[C@H](NC(=O)OCc1ccccc1)C(=O)COC(=O)c1c(Cl)cccc1Cl. The van der Waals surface area contributed by atoms with Gasteiger partial charge in [0.1, 0.15) is 12.6 Å². The number of Topliss-reactive ketones (excluding diaryl/α,β-unsaturated/α-hetero) is 1. The number of aliphatic carboxylic acids is 1. The first kappa shape index (κ1) is 24.2. The second-order valence-corrected chi connectivity index (χ2v) is 7.26. The first-order valence-electron chi connectivity index (χ1n) is 9.04. The fourth-order valence-corrected chi connectivity index (χ4v) is 3.06. The number of carbonyl (C=O) groups is 4. The third kappa shape index (κ3) is 6.97. The molecule has 0 unspecified atom stereocenters. The van der Waals surface area contributed by atoms with Gasteiger partial charge in [-0.2, -0.15) is 0 Å². The monoisotopic (exact) mass is 467 g/mol. The van der Waals surface area contributed by atoms with Gasteiger partial charge in [0.05, 0.1) is 21.5 Å². The summed E-state index contributed by atoms with van der Waals surface area (Å²) >= 11 is 11.9. The predicted molar refractivity (Wildman–Crippen MR) is 112 cm³/mol. The first-order valence-corrected chi connectivity index (χ1v) is 9.80. The fraction of sp³-hybridized carbons (Fsp3) is 0.238. The Balaban J connectivity index is 2.01. The number of benzene rings is 2. The summed E-state index contributed by atoms with van der Waals surface area (Å²) in [6.07, 6.45) is -0.990. The molecule has 0 aliphatic heterocycles. The van der Waals surface area contributed by atoms with E-state index >= 15 is 0 Å². The zero-order chi connectivity index (χ0) is 23.0. The summed E-state index contributed by atoms with van der Waals surface area (Å²) in [6.45, 7) is 0.353. The van der Waals surface area contributed by atoms with Crippen molar-refractivity contribution in [2.45, 2.75) is 19.6 Å². The Bertz CT molecular complexity index is 945. The number of carboxylic acid groups (broad SMARTS) is 1. The van der Waals surface area contributed by atoms with Crippen LogP contribution in [0.15, 0.2) is 48.5 Å². The van der Waals surface area contributed by atoms with Gasteiger partial charge >= 0.3 is 18.0 Å². The number of esters is 1. The molecule has 0 heterocycles. The van der Waals surface area contributed by atoms with Crippen molar-refractivity contribution in [1.82, 2.24) is 5.32 Å². The molecule has 0 saturated carbocycles. The Morgan fingerprint density at radius 3 is 2.16 bits per heavy atom. The minimum atomic E-state index is -1.49. The molecule has 2 aromatic carbocycles. The molecule has 0 bridgehead atoms. The number of hydrogen-bond donors (Lipinski definition) is 2. The standard InChI is InChI=1S/C21H19Cl2NO7/c1-12(19(26)27)18(24-21(29)31-10-13-6-3-2-4-7-13)16(25)11-30-20(28)17-14(22)8-5-9-15(17)23/h2-9,12,18H,10-11H2,1H3,(H,24,29)(H,26,27)/t12-,18+/m1/s1. The van der Waals surface area contributed by atoms with Gasteiger partial charge in [0.25, 0.3) is 0 Å². The highest BCUT2D eigenvalue weighted by molar-refractivity contribution is 6.39. The van der Waals surface area contributed by atoms with Crippen molar-refractivity contribution in [3.8, 4) is 0 Å². The minimum absolute atomic E-state index is 0.0306. The topological polar surface area (TPSA) is 119 Å². The number of hydrogen-bond acceptors (Lipinski definition) is 6. The summed E-state index contributed by atoms with van der Waals surface area (Å²) < 4.78 is 9.96. The fourth-order valence-electron chi connectivity index (χ4n) is 2.51. The Hall–Kier alpha value is -3.10. The highest BCUT2D eigenvalue weighted by atomic mass is 35.5. The number of nitrogens with one attached hydrogen (secondary N) is 1. The Kier molecular flexibility index (Phi) is 8.84. The number of ketones is 1. The van der Waals surface area contributed by atoms with Crippen LogP contribution in [-0.4, -0.2) is 41.6 Å². The Morgan fingerprint density at radius 1 is 0.968 bits per heavy atom. The van der Waals surface area contributed by atoms with E-state index in [1.165, 1.54) is 25.1 Å². The molecule has 8 nitrogen and oxygen atoms in total. The average molecular weight is 468 g/mol. The number of carbonyl (C=O) groups excluding carboxylic acids is 3. The van der Waals surface area contributed by atoms with Crippen LogP contribution in [-0.2, 0) is 25.7 Å². The molecule has 0 radical (unpaired) electrons. The molecule has 164 valence electrons. The molecule has 0 aromatic heterocycles. The van der Waals surface area contributed by atoms with Gasteiger partial charge in [0, 0.05) is 0 Å². The summed E-state index contributed by atoms with van der Waals surface area (Å²) in [5.41, 5.74) is 0.578. The van der Waals surface area contributed by atoms with Gasteiger partial charge in [-0.05, 0) is 24.6 Å². The van der Waals surface area contributed by atoms with E-state index in [4.69, 9.17) is 32.7 Å². The largest absolute Gasteiger partial charge is 0.481 e. The maximum Gasteiger partial charge on any atom is 0.408 e. The van der Waals surface area contributed by atoms with Crippen LogP contribution in [0.2, 0.25) is 10.0 Å². The molecule has 0 spiro atoms. The van der Waals surface area contributed by atoms with Gasteiger partial charge in [-0.1, -0.05) is 59.6 Å². The van der Waals surface area contributed by atoms with Crippen molar-refractivity contribution in [3.05, 3.63) is 69.7 Å². The van der Waals surface area contributed by atoms with E-state index in [1.54, 1.807) is 30.3 Å². The molecular weight excluding hydrogens is 449 g/mol. The van der Waals surface area contributed by atoms with Gasteiger partial charge in [-0.25, -0.2) is 9.59 Å². The molecule has 1 amide bonds. The summed E-state index contributed by atoms with van der Waals surface area (Å²) in [5, 5.41) is 11.5. The van der Waals surface area contributed by atoms with Crippen LogP contribution in [0.5, 0.6) is 0 Å². The minimum Gasteiger partial charge on any atom is -0.481 e. The lowest BCUT2D eigenvalue weighted by Gasteiger charge is -2.21. The lowest BCUT2D eigenvalue weighted by molar-refractivity contribution is -0.144. The van der Waals surface area contributed by atoms with Crippen molar-refractivity contribution in [2.75, 3.05) is 6.61 Å². The lowest BCUT2D eigenvalue weighted by Crippen LogP contribution is -2.49. The number of ether oxygens (including phenoxy) is 2. The molecule has 0 aliphatic carbocycles. The number of halogens is 2. The van der Waals surface area contributed by atoms with Crippen LogP contribution in [0, 0.1) is 5.92 Å². The van der Waals surface area contributed by atoms with Gasteiger partial charge in [0.15, 0.2) is 12.4 Å². The van der Waals surface area contributed by atoms with E-state index in [-0.39, 0.29) is 22.2 Å². The maximum absolute atomic E-state index is 12.5. The van der Waals surface area contributed by atoms with Crippen LogP contribution >= 0.6 is 23.2 Å². The van der Waals surface area contributed by atoms with E-state index in [0.29, 0.717) is 5.56 Å². The number of rotatable bonds is 9. The molecule has 0 aliphatic rings.